The summed E-state index contributed by atoms with van der Waals surface area (Å²) in [6, 6.07) is 28.2. The molecule has 6 aromatic rings. The molecule has 0 unspecified atom stereocenters. The molecule has 0 fully saturated rings. The van der Waals surface area contributed by atoms with Crippen molar-refractivity contribution in [2.45, 2.75) is 230 Å². The van der Waals surface area contributed by atoms with Crippen LogP contribution in [0, 0.1) is 34.5 Å². The third-order valence-corrected chi connectivity index (χ3v) is 18.1. The van der Waals surface area contributed by atoms with Crippen molar-refractivity contribution in [3.63, 3.8) is 0 Å². The summed E-state index contributed by atoms with van der Waals surface area (Å²) in [4.78, 5) is 0. The van der Waals surface area contributed by atoms with Crippen LogP contribution in [0.2, 0.25) is 0 Å². The van der Waals surface area contributed by atoms with Gasteiger partial charge in [0.2, 0.25) is 17.1 Å². The van der Waals surface area contributed by atoms with E-state index in [-0.39, 0.29) is 32.5 Å². The normalized spacial score (nSPS) is 13.3. The molecule has 0 saturated heterocycles. The summed E-state index contributed by atoms with van der Waals surface area (Å²) < 4.78 is 29.8. The fourth-order valence-corrected chi connectivity index (χ4v) is 10.1. The van der Waals surface area contributed by atoms with Crippen molar-refractivity contribution in [1.29, 1.82) is 0 Å². The summed E-state index contributed by atoms with van der Waals surface area (Å²) in [5, 5.41) is 0. The molecule has 3 aromatic heterocycles. The Kier molecular flexibility index (Phi) is 18.4. The predicted octanol–water partition coefficient (Wildman–Crippen LogP) is 18.2. The van der Waals surface area contributed by atoms with Gasteiger partial charge >= 0.3 is 0 Å². The van der Waals surface area contributed by atoms with Crippen LogP contribution in [-0.2, 0) is 53.6 Å². The number of hydrogen-bond acceptors (Lipinski definition) is 0. The van der Waals surface area contributed by atoms with Gasteiger partial charge in [0.15, 0.2) is 18.6 Å². The van der Waals surface area contributed by atoms with E-state index in [2.05, 4.69) is 259 Å². The molecule has 3 heteroatoms. The standard InChI is InChI=1S/2C24H36N.C23H34N/c2*1-10-23(5,6)20-15-22(19-13-12-17(3)14-18(19)4)25(9)16-21(20)24(7,8)11-2;1-9-22(4,5)19-15-21(18-14-12-11-13-17(18)3)24(8)16-20(19)23(6,7)10-2/h2*12-16H,10-11H2,1-9H3;11-16H,9-10H2,1-8H3/q3*+1/i3D3;;. The second-order valence-corrected chi connectivity index (χ2v) is 25.9. The number of pyridine rings is 3. The first-order valence-electron chi connectivity index (χ1n) is 29.8. The highest BCUT2D eigenvalue weighted by Crippen LogP contribution is 2.42. The van der Waals surface area contributed by atoms with Crippen LogP contribution in [0.3, 0.4) is 0 Å². The molecule has 0 radical (unpaired) electrons. The maximum Gasteiger partial charge on any atom is 0.212 e. The molecule has 74 heavy (non-hydrogen) atoms. The minimum atomic E-state index is -2.07. The average Bonchev–Trinajstić information content (AvgIpc) is 3.36. The van der Waals surface area contributed by atoms with Gasteiger partial charge in [0, 0.05) is 55.7 Å². The molecule has 0 N–H and O–H groups in total. The van der Waals surface area contributed by atoms with Crippen LogP contribution < -0.4 is 13.7 Å². The van der Waals surface area contributed by atoms with Crippen LogP contribution >= 0.6 is 0 Å². The van der Waals surface area contributed by atoms with E-state index in [0.717, 1.165) is 55.3 Å². The Morgan fingerprint density at radius 1 is 0.338 bits per heavy atom. The number of aromatic nitrogens is 3. The Morgan fingerprint density at radius 2 is 0.608 bits per heavy atom. The molecule has 0 amide bonds. The monoisotopic (exact) mass is 1000 g/mol. The topological polar surface area (TPSA) is 11.6 Å². The Bertz CT molecular complexity index is 3000. The first kappa shape index (κ1) is 56.8. The zero-order valence-electron chi connectivity index (χ0n) is 54.8. The van der Waals surface area contributed by atoms with Crippen LogP contribution in [0.1, 0.15) is 228 Å². The molecule has 3 nitrogen and oxygen atoms in total. The average molecular weight is 1000 g/mol. The van der Waals surface area contributed by atoms with Crippen molar-refractivity contribution < 1.29 is 17.8 Å². The maximum atomic E-state index is 7.67. The van der Waals surface area contributed by atoms with Gasteiger partial charge in [0.25, 0.3) is 0 Å². The third kappa shape index (κ3) is 13.7. The number of hydrogen-bond donors (Lipinski definition) is 0. The predicted molar refractivity (Wildman–Crippen MR) is 323 cm³/mol. The molecule has 0 atom stereocenters. The third-order valence-electron chi connectivity index (χ3n) is 18.1. The lowest BCUT2D eigenvalue weighted by atomic mass is 9.71. The van der Waals surface area contributed by atoms with E-state index in [1.165, 1.54) is 72.6 Å². The van der Waals surface area contributed by atoms with Gasteiger partial charge in [-0.2, -0.15) is 0 Å². The number of rotatable bonds is 15. The first-order valence-corrected chi connectivity index (χ1v) is 28.3. The highest BCUT2D eigenvalue weighted by molar-refractivity contribution is 5.65. The van der Waals surface area contributed by atoms with Gasteiger partial charge in [-0.3, -0.25) is 0 Å². The maximum absolute atomic E-state index is 7.67. The lowest BCUT2D eigenvalue weighted by Crippen LogP contribution is -2.37. The molecule has 0 aliphatic carbocycles. The fourth-order valence-electron chi connectivity index (χ4n) is 10.1. The fraction of sp³-hybridized carbons (Fsp3) is 0.535. The number of aryl methyl sites for hydroxylation is 8. The zero-order chi connectivity index (χ0) is 58.6. The van der Waals surface area contributed by atoms with Crippen molar-refractivity contribution in [2.75, 3.05) is 0 Å². The van der Waals surface area contributed by atoms with Crippen molar-refractivity contribution in [3.05, 3.63) is 159 Å². The molecule has 0 spiro atoms. The van der Waals surface area contributed by atoms with E-state index in [1.807, 2.05) is 13.0 Å². The van der Waals surface area contributed by atoms with E-state index >= 15 is 0 Å². The van der Waals surface area contributed by atoms with Crippen molar-refractivity contribution in [1.82, 2.24) is 0 Å². The van der Waals surface area contributed by atoms with Gasteiger partial charge < -0.3 is 0 Å². The van der Waals surface area contributed by atoms with Crippen molar-refractivity contribution >= 4 is 0 Å². The highest BCUT2D eigenvalue weighted by Gasteiger charge is 2.36. The van der Waals surface area contributed by atoms with E-state index < -0.39 is 6.85 Å². The van der Waals surface area contributed by atoms with Crippen LogP contribution in [0.5, 0.6) is 0 Å². The van der Waals surface area contributed by atoms with Crippen molar-refractivity contribution in [2.24, 2.45) is 21.1 Å². The van der Waals surface area contributed by atoms with E-state index in [9.17, 15) is 0 Å². The summed E-state index contributed by atoms with van der Waals surface area (Å²) in [6.45, 7) is 48.4. The summed E-state index contributed by atoms with van der Waals surface area (Å²) in [5.41, 5.74) is 22.5. The summed E-state index contributed by atoms with van der Waals surface area (Å²) in [7, 11) is 6.46. The second-order valence-electron chi connectivity index (χ2n) is 25.9. The van der Waals surface area contributed by atoms with Gasteiger partial charge in [-0.1, -0.05) is 178 Å². The molecule has 0 aliphatic heterocycles. The minimum Gasteiger partial charge on any atom is -0.201 e. The van der Waals surface area contributed by atoms with Crippen molar-refractivity contribution in [3.8, 4) is 33.8 Å². The molecule has 6 rings (SSSR count). The summed E-state index contributed by atoms with van der Waals surface area (Å²) >= 11 is 0. The molecule has 0 saturated carbocycles. The lowest BCUT2D eigenvalue weighted by molar-refractivity contribution is -0.661. The van der Waals surface area contributed by atoms with Crippen LogP contribution in [0.25, 0.3) is 33.8 Å². The molecule has 3 aromatic carbocycles. The minimum absolute atomic E-state index is 0.0668. The summed E-state index contributed by atoms with van der Waals surface area (Å²) in [6.07, 6.45) is 13.7. The largest absolute Gasteiger partial charge is 0.212 e. The number of nitrogens with zero attached hydrogens (tertiary/aromatic N) is 3. The highest BCUT2D eigenvalue weighted by atomic mass is 14.9. The Hall–Kier alpha value is -4.89. The Balaban J connectivity index is 0.000000250. The van der Waals surface area contributed by atoms with Crippen LogP contribution in [0.4, 0.5) is 0 Å². The SMILES string of the molecule is CCC(C)(C)c1cc(-c2ccc(C)cc2C)[n+](C)cc1C(C)(C)CC.CCC(C)(C)c1cc(-c2ccccc2C)[n+](C)cc1C(C)(C)CC.[2H]C([2H])([2H])c1ccc(-c2cc(C(C)(C)CC)c(C(C)(C)CC)c[n+]2C)c(C)c1. The van der Waals surface area contributed by atoms with E-state index in [0.29, 0.717) is 5.56 Å². The molecule has 0 aliphatic rings. The molecule has 402 valence electrons. The second kappa shape index (κ2) is 24.0. The van der Waals surface area contributed by atoms with Gasteiger partial charge in [-0.15, -0.1) is 0 Å². The first-order chi connectivity index (χ1) is 35.4. The Labute approximate surface area is 459 Å². The smallest absolute Gasteiger partial charge is 0.201 e. The quantitative estimate of drug-likeness (QED) is 0.0909. The Morgan fingerprint density at radius 3 is 0.892 bits per heavy atom. The van der Waals surface area contributed by atoms with E-state index in [1.54, 1.807) is 12.1 Å². The van der Waals surface area contributed by atoms with Gasteiger partial charge in [-0.05, 0) is 157 Å². The molecular formula is C71H106N3+3. The molecular weight excluding hydrogens is 895 g/mol. The molecule has 3 heterocycles. The number of benzene rings is 3. The van der Waals surface area contributed by atoms with Gasteiger partial charge in [0.05, 0.1) is 0 Å². The summed E-state index contributed by atoms with van der Waals surface area (Å²) in [5.74, 6) is 0. The van der Waals surface area contributed by atoms with E-state index in [4.69, 9.17) is 4.11 Å². The molecule has 0 bridgehead atoms. The van der Waals surface area contributed by atoms with Crippen LogP contribution in [0.15, 0.2) is 97.5 Å². The van der Waals surface area contributed by atoms with Gasteiger partial charge in [-0.25, -0.2) is 13.7 Å². The lowest BCUT2D eigenvalue weighted by Gasteiger charge is -2.32. The zero-order valence-corrected chi connectivity index (χ0v) is 51.8. The van der Waals surface area contributed by atoms with Gasteiger partial charge in [0.1, 0.15) is 21.1 Å². The van der Waals surface area contributed by atoms with Crippen LogP contribution in [-0.4, -0.2) is 0 Å².